The molecule has 2 aromatic carbocycles. The van der Waals surface area contributed by atoms with Crippen molar-refractivity contribution in [1.29, 1.82) is 0 Å². The number of aromatic nitrogens is 2. The molecule has 4 rings (SSSR count). The van der Waals surface area contributed by atoms with Gasteiger partial charge in [-0.25, -0.2) is 8.42 Å². The monoisotopic (exact) mass is 476 g/mol. The Labute approximate surface area is 188 Å². The molecule has 32 heavy (non-hydrogen) atoms. The lowest BCUT2D eigenvalue weighted by Gasteiger charge is -2.06. The second kappa shape index (κ2) is 9.49. The average Bonchev–Trinajstić information content (AvgIpc) is 3.46. The molecule has 0 fully saturated rings. The lowest BCUT2D eigenvalue weighted by Crippen LogP contribution is -2.24. The van der Waals surface area contributed by atoms with Crippen molar-refractivity contribution in [2.24, 2.45) is 0 Å². The van der Waals surface area contributed by atoms with E-state index >= 15 is 0 Å². The highest BCUT2D eigenvalue weighted by Crippen LogP contribution is 2.32. The minimum Gasteiger partial charge on any atom is -0.454 e. The standard InChI is InChI=1S/C20H20N4O6S2/c1-2-32(26,27)24-15-6-4-14(5-7-15)19-22-23-20(30-19)31-11-18(25)21-10-13-3-8-16-17(9-13)29-12-28-16/h3-9,24H,2,10-12H2,1H3,(H,21,25). The fraction of sp³-hybridized carbons (Fsp3) is 0.250. The molecule has 0 radical (unpaired) electrons. The van der Waals surface area contributed by atoms with Gasteiger partial charge in [0.05, 0.1) is 11.5 Å². The Kier molecular flexibility index (Phi) is 6.51. The van der Waals surface area contributed by atoms with Gasteiger partial charge < -0.3 is 19.2 Å². The summed E-state index contributed by atoms with van der Waals surface area (Å²) in [6.45, 7) is 2.13. The van der Waals surface area contributed by atoms with E-state index < -0.39 is 10.0 Å². The van der Waals surface area contributed by atoms with Crippen molar-refractivity contribution in [1.82, 2.24) is 15.5 Å². The number of rotatable bonds is 9. The quantitative estimate of drug-likeness (QED) is 0.447. The molecule has 1 aromatic heterocycles. The third-order valence-electron chi connectivity index (χ3n) is 4.45. The number of benzene rings is 2. The van der Waals surface area contributed by atoms with Crippen LogP contribution in [0.3, 0.4) is 0 Å². The first kappa shape index (κ1) is 22.0. The molecule has 168 valence electrons. The summed E-state index contributed by atoms with van der Waals surface area (Å²) in [6.07, 6.45) is 0. The van der Waals surface area contributed by atoms with Crippen molar-refractivity contribution in [2.45, 2.75) is 18.7 Å². The number of ether oxygens (including phenoxy) is 2. The maximum absolute atomic E-state index is 12.1. The number of fused-ring (bicyclic) bond motifs is 1. The molecule has 1 aliphatic rings. The molecule has 0 unspecified atom stereocenters. The van der Waals surface area contributed by atoms with Crippen LogP contribution in [0.2, 0.25) is 0 Å². The largest absolute Gasteiger partial charge is 0.454 e. The van der Waals surface area contributed by atoms with E-state index in [0.717, 1.165) is 17.3 Å². The minimum atomic E-state index is -3.34. The van der Waals surface area contributed by atoms with E-state index in [1.165, 1.54) is 0 Å². The number of hydrogen-bond acceptors (Lipinski definition) is 9. The fourth-order valence-corrected chi connectivity index (χ4v) is 3.98. The topological polar surface area (TPSA) is 133 Å². The van der Waals surface area contributed by atoms with Crippen molar-refractivity contribution in [3.05, 3.63) is 48.0 Å². The van der Waals surface area contributed by atoms with Gasteiger partial charge in [0.15, 0.2) is 11.5 Å². The van der Waals surface area contributed by atoms with Gasteiger partial charge in [-0.05, 0) is 48.9 Å². The zero-order valence-electron chi connectivity index (χ0n) is 17.0. The third kappa shape index (κ3) is 5.51. The normalized spacial score (nSPS) is 12.5. The van der Waals surface area contributed by atoms with E-state index in [1.54, 1.807) is 31.2 Å². The highest BCUT2D eigenvalue weighted by molar-refractivity contribution is 7.99. The Morgan fingerprint density at radius 2 is 1.88 bits per heavy atom. The van der Waals surface area contributed by atoms with E-state index in [9.17, 15) is 13.2 Å². The van der Waals surface area contributed by atoms with Crippen LogP contribution in [0.4, 0.5) is 5.69 Å². The molecule has 0 spiro atoms. The number of carbonyl (C=O) groups excluding carboxylic acids is 1. The zero-order chi connectivity index (χ0) is 22.6. The predicted octanol–water partition coefficient (Wildman–Crippen LogP) is 2.64. The van der Waals surface area contributed by atoms with E-state index in [-0.39, 0.29) is 35.3 Å². The number of hydrogen-bond donors (Lipinski definition) is 2. The average molecular weight is 477 g/mol. The molecular weight excluding hydrogens is 456 g/mol. The van der Waals surface area contributed by atoms with Gasteiger partial charge in [0.25, 0.3) is 5.22 Å². The van der Waals surface area contributed by atoms with Gasteiger partial charge in [-0.3, -0.25) is 9.52 Å². The van der Waals surface area contributed by atoms with Crippen LogP contribution in [0.25, 0.3) is 11.5 Å². The highest BCUT2D eigenvalue weighted by Gasteiger charge is 2.15. The number of amides is 1. The molecule has 1 aliphatic heterocycles. The van der Waals surface area contributed by atoms with Crippen molar-refractivity contribution >= 4 is 33.4 Å². The van der Waals surface area contributed by atoms with Crippen LogP contribution < -0.4 is 19.5 Å². The van der Waals surface area contributed by atoms with E-state index in [2.05, 4.69) is 20.2 Å². The number of anilines is 1. The molecule has 12 heteroatoms. The first-order valence-electron chi connectivity index (χ1n) is 9.64. The smallest absolute Gasteiger partial charge is 0.277 e. The number of carbonyl (C=O) groups is 1. The highest BCUT2D eigenvalue weighted by atomic mass is 32.2. The van der Waals surface area contributed by atoms with E-state index in [0.29, 0.717) is 29.3 Å². The number of sulfonamides is 1. The molecule has 0 saturated carbocycles. The summed E-state index contributed by atoms with van der Waals surface area (Å²) >= 11 is 1.12. The van der Waals surface area contributed by atoms with Crippen LogP contribution in [-0.4, -0.2) is 42.8 Å². The van der Waals surface area contributed by atoms with Crippen LogP contribution >= 0.6 is 11.8 Å². The summed E-state index contributed by atoms with van der Waals surface area (Å²) in [7, 11) is -3.34. The molecule has 0 aliphatic carbocycles. The maximum atomic E-state index is 12.1. The number of nitrogens with zero attached hydrogens (tertiary/aromatic N) is 2. The molecule has 0 saturated heterocycles. The number of nitrogens with one attached hydrogen (secondary N) is 2. The van der Waals surface area contributed by atoms with Gasteiger partial charge in [0.1, 0.15) is 0 Å². The molecule has 0 bridgehead atoms. The molecular formula is C20H20N4O6S2. The lowest BCUT2D eigenvalue weighted by molar-refractivity contribution is -0.118. The first-order valence-corrected chi connectivity index (χ1v) is 12.3. The summed E-state index contributed by atoms with van der Waals surface area (Å²) < 4.78 is 41.9. The Balaban J connectivity index is 1.27. The summed E-state index contributed by atoms with van der Waals surface area (Å²) in [5.41, 5.74) is 1.98. The molecule has 3 aromatic rings. The SMILES string of the molecule is CCS(=O)(=O)Nc1ccc(-c2nnc(SCC(=O)NCc3ccc4c(c3)OCO4)o2)cc1. The van der Waals surface area contributed by atoms with E-state index in [1.807, 2.05) is 18.2 Å². The Hall–Kier alpha value is -3.25. The van der Waals surface area contributed by atoms with Crippen LogP contribution in [0.5, 0.6) is 11.5 Å². The minimum absolute atomic E-state index is 0.0107. The van der Waals surface area contributed by atoms with Gasteiger partial charge >= 0.3 is 0 Å². The van der Waals surface area contributed by atoms with Crippen molar-refractivity contribution in [3.63, 3.8) is 0 Å². The van der Waals surface area contributed by atoms with Crippen LogP contribution in [0.15, 0.2) is 52.1 Å². The second-order valence-electron chi connectivity index (χ2n) is 6.71. The number of thioether (sulfide) groups is 1. The fourth-order valence-electron chi connectivity index (χ4n) is 2.75. The molecule has 0 atom stereocenters. The predicted molar refractivity (Wildman–Crippen MR) is 118 cm³/mol. The van der Waals surface area contributed by atoms with Gasteiger partial charge in [-0.2, -0.15) is 0 Å². The Bertz CT molecular complexity index is 1210. The van der Waals surface area contributed by atoms with Crippen molar-refractivity contribution < 1.29 is 27.1 Å². The van der Waals surface area contributed by atoms with Crippen LogP contribution in [0.1, 0.15) is 12.5 Å². The first-order chi connectivity index (χ1) is 15.4. The molecule has 2 heterocycles. The maximum Gasteiger partial charge on any atom is 0.277 e. The lowest BCUT2D eigenvalue weighted by atomic mass is 10.2. The van der Waals surface area contributed by atoms with Gasteiger partial charge in [-0.15, -0.1) is 10.2 Å². The van der Waals surface area contributed by atoms with Gasteiger partial charge in [-0.1, -0.05) is 17.8 Å². The zero-order valence-corrected chi connectivity index (χ0v) is 18.7. The third-order valence-corrected chi connectivity index (χ3v) is 6.57. The Morgan fingerprint density at radius 1 is 1.09 bits per heavy atom. The summed E-state index contributed by atoms with van der Waals surface area (Å²) in [4.78, 5) is 12.1. The molecule has 10 nitrogen and oxygen atoms in total. The summed E-state index contributed by atoms with van der Waals surface area (Å²) in [5.74, 6) is 1.56. The van der Waals surface area contributed by atoms with Crippen LogP contribution in [-0.2, 0) is 21.4 Å². The Morgan fingerprint density at radius 3 is 2.66 bits per heavy atom. The van der Waals surface area contributed by atoms with Crippen molar-refractivity contribution in [3.8, 4) is 23.0 Å². The van der Waals surface area contributed by atoms with Crippen LogP contribution in [0, 0.1) is 0 Å². The van der Waals surface area contributed by atoms with Crippen molar-refractivity contribution in [2.75, 3.05) is 23.0 Å². The van der Waals surface area contributed by atoms with Gasteiger partial charge in [0.2, 0.25) is 28.6 Å². The summed E-state index contributed by atoms with van der Waals surface area (Å²) in [6, 6.07) is 12.1. The molecule has 2 N–H and O–H groups in total. The van der Waals surface area contributed by atoms with E-state index in [4.69, 9.17) is 13.9 Å². The summed E-state index contributed by atoms with van der Waals surface area (Å²) in [5, 5.41) is 11.0. The molecule has 1 amide bonds. The van der Waals surface area contributed by atoms with Gasteiger partial charge in [0, 0.05) is 17.8 Å². The second-order valence-corrected chi connectivity index (χ2v) is 9.65.